The standard InChI is InChI=1S/C16H26ClN3O/c1-4-20(12-16(2,3)11-18)9-8-15(21)19-14-7-5-6-13(17)10-14/h5-7,10H,4,8-9,11-12,18H2,1-3H3,(H,19,21). The van der Waals surface area contributed by atoms with Gasteiger partial charge in [0.15, 0.2) is 0 Å². The fraction of sp³-hybridized carbons (Fsp3) is 0.562. The average molecular weight is 312 g/mol. The van der Waals surface area contributed by atoms with E-state index in [2.05, 4.69) is 31.0 Å². The third-order valence-electron chi connectivity index (χ3n) is 3.41. The highest BCUT2D eigenvalue weighted by Gasteiger charge is 2.19. The van der Waals surface area contributed by atoms with Crippen LogP contribution < -0.4 is 11.1 Å². The smallest absolute Gasteiger partial charge is 0.225 e. The van der Waals surface area contributed by atoms with Crippen molar-refractivity contribution in [2.45, 2.75) is 27.2 Å². The molecule has 0 bridgehead atoms. The van der Waals surface area contributed by atoms with Crippen LogP contribution in [0.15, 0.2) is 24.3 Å². The molecule has 0 saturated carbocycles. The van der Waals surface area contributed by atoms with Crippen molar-refractivity contribution in [1.29, 1.82) is 0 Å². The van der Waals surface area contributed by atoms with E-state index >= 15 is 0 Å². The van der Waals surface area contributed by atoms with Gasteiger partial charge in [-0.3, -0.25) is 4.79 Å². The lowest BCUT2D eigenvalue weighted by molar-refractivity contribution is -0.116. The molecule has 1 amide bonds. The number of nitrogens with two attached hydrogens (primary N) is 1. The van der Waals surface area contributed by atoms with Gasteiger partial charge in [-0.2, -0.15) is 0 Å². The summed E-state index contributed by atoms with van der Waals surface area (Å²) in [5.41, 5.74) is 6.57. The molecular weight excluding hydrogens is 286 g/mol. The molecule has 1 aromatic rings. The van der Waals surface area contributed by atoms with E-state index in [4.69, 9.17) is 17.3 Å². The van der Waals surface area contributed by atoms with Crippen molar-refractivity contribution in [3.63, 3.8) is 0 Å². The van der Waals surface area contributed by atoms with E-state index in [0.717, 1.165) is 25.3 Å². The van der Waals surface area contributed by atoms with Crippen LogP contribution in [-0.2, 0) is 4.79 Å². The summed E-state index contributed by atoms with van der Waals surface area (Å²) in [7, 11) is 0. The van der Waals surface area contributed by atoms with E-state index in [1.165, 1.54) is 0 Å². The summed E-state index contributed by atoms with van der Waals surface area (Å²) in [4.78, 5) is 14.2. The first-order chi connectivity index (χ1) is 9.86. The van der Waals surface area contributed by atoms with Crippen molar-refractivity contribution >= 4 is 23.2 Å². The summed E-state index contributed by atoms with van der Waals surface area (Å²) in [5.74, 6) is 0.00118. The summed E-state index contributed by atoms with van der Waals surface area (Å²) >= 11 is 5.90. The number of benzene rings is 1. The van der Waals surface area contributed by atoms with E-state index in [0.29, 0.717) is 18.0 Å². The monoisotopic (exact) mass is 311 g/mol. The molecule has 0 saturated heterocycles. The van der Waals surface area contributed by atoms with Crippen LogP contribution in [0.2, 0.25) is 5.02 Å². The van der Waals surface area contributed by atoms with Crippen molar-refractivity contribution in [3.05, 3.63) is 29.3 Å². The number of nitrogens with one attached hydrogen (secondary N) is 1. The van der Waals surface area contributed by atoms with Crippen LogP contribution in [0.5, 0.6) is 0 Å². The first-order valence-electron chi connectivity index (χ1n) is 7.34. The predicted molar refractivity (Wildman–Crippen MR) is 89.6 cm³/mol. The lowest BCUT2D eigenvalue weighted by Crippen LogP contribution is -2.39. The number of carbonyl (C=O) groups is 1. The molecule has 0 heterocycles. The van der Waals surface area contributed by atoms with Crippen molar-refractivity contribution in [1.82, 2.24) is 4.90 Å². The molecule has 0 atom stereocenters. The van der Waals surface area contributed by atoms with Gasteiger partial charge in [0, 0.05) is 30.2 Å². The van der Waals surface area contributed by atoms with Gasteiger partial charge in [0.1, 0.15) is 0 Å². The number of anilines is 1. The third kappa shape index (κ3) is 6.93. The van der Waals surface area contributed by atoms with Crippen LogP contribution in [0.1, 0.15) is 27.2 Å². The lowest BCUT2D eigenvalue weighted by Gasteiger charge is -2.30. The number of rotatable bonds is 8. The Morgan fingerprint density at radius 1 is 1.43 bits per heavy atom. The summed E-state index contributed by atoms with van der Waals surface area (Å²) in [6, 6.07) is 7.18. The fourth-order valence-corrected chi connectivity index (χ4v) is 2.26. The Hall–Kier alpha value is -1.10. The highest BCUT2D eigenvalue weighted by molar-refractivity contribution is 6.30. The summed E-state index contributed by atoms with van der Waals surface area (Å²) in [6.07, 6.45) is 0.459. The third-order valence-corrected chi connectivity index (χ3v) is 3.65. The molecule has 5 heteroatoms. The molecule has 118 valence electrons. The maximum atomic E-state index is 12.0. The number of carbonyl (C=O) groups excluding carboxylic acids is 1. The van der Waals surface area contributed by atoms with E-state index < -0.39 is 0 Å². The van der Waals surface area contributed by atoms with E-state index in [1.807, 2.05) is 12.1 Å². The topological polar surface area (TPSA) is 58.4 Å². The van der Waals surface area contributed by atoms with Gasteiger partial charge in [0.25, 0.3) is 0 Å². The molecule has 0 spiro atoms. The largest absolute Gasteiger partial charge is 0.330 e. The van der Waals surface area contributed by atoms with Crippen molar-refractivity contribution in [3.8, 4) is 0 Å². The fourth-order valence-electron chi connectivity index (χ4n) is 2.07. The molecule has 4 nitrogen and oxygen atoms in total. The number of nitrogens with zero attached hydrogens (tertiary/aromatic N) is 1. The second-order valence-electron chi connectivity index (χ2n) is 6.05. The first-order valence-corrected chi connectivity index (χ1v) is 7.72. The Balaban J connectivity index is 2.44. The van der Waals surface area contributed by atoms with Crippen molar-refractivity contribution < 1.29 is 4.79 Å². The highest BCUT2D eigenvalue weighted by Crippen LogP contribution is 2.16. The Bertz CT molecular complexity index is 463. The zero-order valence-corrected chi connectivity index (χ0v) is 13.9. The van der Waals surface area contributed by atoms with Crippen molar-refractivity contribution in [2.24, 2.45) is 11.1 Å². The van der Waals surface area contributed by atoms with Gasteiger partial charge < -0.3 is 16.0 Å². The first kappa shape index (κ1) is 18.0. The number of hydrogen-bond acceptors (Lipinski definition) is 3. The number of hydrogen-bond donors (Lipinski definition) is 2. The Kier molecular flexibility index (Phi) is 7.15. The molecule has 0 aromatic heterocycles. The van der Waals surface area contributed by atoms with E-state index in [-0.39, 0.29) is 11.3 Å². The SMILES string of the molecule is CCN(CCC(=O)Nc1cccc(Cl)c1)CC(C)(C)CN. The van der Waals surface area contributed by atoms with Crippen LogP contribution in [0.25, 0.3) is 0 Å². The minimum atomic E-state index is 0.00118. The van der Waals surface area contributed by atoms with Gasteiger partial charge >= 0.3 is 0 Å². The Morgan fingerprint density at radius 3 is 2.71 bits per heavy atom. The molecule has 3 N–H and O–H groups in total. The van der Waals surface area contributed by atoms with Gasteiger partial charge in [-0.15, -0.1) is 0 Å². The quantitative estimate of drug-likeness (QED) is 0.776. The molecule has 1 aromatic carbocycles. The van der Waals surface area contributed by atoms with Gasteiger partial charge in [-0.05, 0) is 36.7 Å². The van der Waals surface area contributed by atoms with Gasteiger partial charge in [-0.1, -0.05) is 38.4 Å². The van der Waals surface area contributed by atoms with Crippen LogP contribution >= 0.6 is 11.6 Å². The molecule has 0 aliphatic heterocycles. The minimum Gasteiger partial charge on any atom is -0.330 e. The summed E-state index contributed by atoms with van der Waals surface area (Å²) in [6.45, 7) is 9.55. The van der Waals surface area contributed by atoms with Crippen LogP contribution in [-0.4, -0.2) is 37.0 Å². The van der Waals surface area contributed by atoms with Gasteiger partial charge in [0.05, 0.1) is 0 Å². The normalized spacial score (nSPS) is 11.7. The zero-order valence-electron chi connectivity index (χ0n) is 13.2. The Labute approximate surface area is 132 Å². The van der Waals surface area contributed by atoms with Crippen LogP contribution in [0, 0.1) is 5.41 Å². The molecule has 0 unspecified atom stereocenters. The molecule has 0 fully saturated rings. The van der Waals surface area contributed by atoms with Crippen LogP contribution in [0.3, 0.4) is 0 Å². The Morgan fingerprint density at radius 2 is 2.14 bits per heavy atom. The second-order valence-corrected chi connectivity index (χ2v) is 6.48. The predicted octanol–water partition coefficient (Wildman–Crippen LogP) is 2.98. The maximum absolute atomic E-state index is 12.0. The summed E-state index contributed by atoms with van der Waals surface area (Å²) < 4.78 is 0. The van der Waals surface area contributed by atoms with Crippen molar-refractivity contribution in [2.75, 3.05) is 31.5 Å². The average Bonchev–Trinajstić information content (AvgIpc) is 2.43. The number of amides is 1. The molecule has 0 radical (unpaired) electrons. The van der Waals surface area contributed by atoms with E-state index in [9.17, 15) is 4.79 Å². The molecular formula is C16H26ClN3O. The molecule has 0 aliphatic carbocycles. The molecule has 21 heavy (non-hydrogen) atoms. The molecule has 0 aliphatic rings. The molecule has 1 rings (SSSR count). The second kappa shape index (κ2) is 8.37. The van der Waals surface area contributed by atoms with Crippen LogP contribution in [0.4, 0.5) is 5.69 Å². The minimum absolute atomic E-state index is 0.00118. The summed E-state index contributed by atoms with van der Waals surface area (Å²) in [5, 5.41) is 3.48. The van der Waals surface area contributed by atoms with Gasteiger partial charge in [0.2, 0.25) is 5.91 Å². The highest BCUT2D eigenvalue weighted by atomic mass is 35.5. The zero-order chi connectivity index (χ0) is 15.9. The number of halogens is 1. The van der Waals surface area contributed by atoms with Gasteiger partial charge in [-0.25, -0.2) is 0 Å². The lowest BCUT2D eigenvalue weighted by atomic mass is 9.93. The van der Waals surface area contributed by atoms with E-state index in [1.54, 1.807) is 12.1 Å². The maximum Gasteiger partial charge on any atom is 0.225 e.